The van der Waals surface area contributed by atoms with E-state index in [1.54, 1.807) is 7.11 Å². The summed E-state index contributed by atoms with van der Waals surface area (Å²) in [6, 6.07) is 4.22. The number of benzene rings is 1. The van der Waals surface area contributed by atoms with Crippen molar-refractivity contribution in [2.75, 3.05) is 19.1 Å². The normalized spacial score (nSPS) is 24.1. The van der Waals surface area contributed by atoms with Gasteiger partial charge in [0.2, 0.25) is 0 Å². The largest absolute Gasteiger partial charge is 0.496 e. The Bertz CT molecular complexity index is 756. The van der Waals surface area contributed by atoms with Crippen molar-refractivity contribution < 1.29 is 9.53 Å². The summed E-state index contributed by atoms with van der Waals surface area (Å²) in [5.74, 6) is 1.07. The third kappa shape index (κ3) is 2.93. The summed E-state index contributed by atoms with van der Waals surface area (Å²) < 4.78 is 6.09. The van der Waals surface area contributed by atoms with Gasteiger partial charge in [0.15, 0.2) is 0 Å². The maximum Gasteiger partial charge on any atom is 0.263 e. The van der Waals surface area contributed by atoms with Gasteiger partial charge in [0.25, 0.3) is 5.91 Å². The molecule has 1 amide bonds. The zero-order valence-corrected chi connectivity index (χ0v) is 16.2. The van der Waals surface area contributed by atoms with Crippen molar-refractivity contribution in [3.63, 3.8) is 0 Å². The number of fused-ring (bicyclic) bond motifs is 1. The molecule has 0 spiro atoms. The van der Waals surface area contributed by atoms with Gasteiger partial charge in [-0.1, -0.05) is 30.9 Å². The lowest BCUT2D eigenvalue weighted by molar-refractivity contribution is -0.115. The Hall–Kier alpha value is -1.53. The molecule has 6 heteroatoms. The highest BCUT2D eigenvalue weighted by Gasteiger charge is 2.35. The maximum atomic E-state index is 11.9. The lowest BCUT2D eigenvalue weighted by Gasteiger charge is -2.45. The van der Waals surface area contributed by atoms with Gasteiger partial charge in [0, 0.05) is 29.9 Å². The molecule has 0 bridgehead atoms. The van der Waals surface area contributed by atoms with E-state index in [1.165, 1.54) is 23.0 Å². The Labute approximate surface area is 152 Å². The van der Waals surface area contributed by atoms with Crippen LogP contribution in [0.5, 0.6) is 5.75 Å². The summed E-state index contributed by atoms with van der Waals surface area (Å²) in [5, 5.41) is 2.65. The highest BCUT2D eigenvalue weighted by Crippen LogP contribution is 2.45. The first-order valence-corrected chi connectivity index (χ1v) is 9.16. The van der Waals surface area contributed by atoms with Crippen molar-refractivity contribution in [3.8, 4) is 5.75 Å². The average Bonchev–Trinajstić information content (AvgIpc) is 2.82. The summed E-state index contributed by atoms with van der Waals surface area (Å²) in [6.07, 6.45) is 2.95. The first-order valence-electron chi connectivity index (χ1n) is 7.93. The Kier molecular flexibility index (Phi) is 4.38. The quantitative estimate of drug-likeness (QED) is 0.638. The second-order valence-corrected chi connectivity index (χ2v) is 8.70. The second kappa shape index (κ2) is 6.08. The zero-order valence-electron chi connectivity index (χ0n) is 14.6. The molecule has 0 aromatic heterocycles. The van der Waals surface area contributed by atoms with E-state index in [0.29, 0.717) is 15.1 Å². The molecule has 3 rings (SSSR count). The van der Waals surface area contributed by atoms with Crippen LogP contribution in [0.1, 0.15) is 44.2 Å². The summed E-state index contributed by atoms with van der Waals surface area (Å²) in [7, 11) is 3.79. The van der Waals surface area contributed by atoms with Gasteiger partial charge < -0.3 is 15.0 Å². The van der Waals surface area contributed by atoms with Crippen LogP contribution in [0.2, 0.25) is 0 Å². The van der Waals surface area contributed by atoms with Crippen molar-refractivity contribution in [2.45, 2.75) is 38.6 Å². The van der Waals surface area contributed by atoms with E-state index in [9.17, 15) is 4.79 Å². The van der Waals surface area contributed by atoms with Crippen LogP contribution in [-0.2, 0) is 4.79 Å². The van der Waals surface area contributed by atoms with E-state index in [-0.39, 0.29) is 11.4 Å². The van der Waals surface area contributed by atoms with Gasteiger partial charge >= 0.3 is 0 Å². The van der Waals surface area contributed by atoms with E-state index in [1.807, 2.05) is 6.08 Å². The van der Waals surface area contributed by atoms with Gasteiger partial charge in [-0.3, -0.25) is 4.79 Å². The van der Waals surface area contributed by atoms with Gasteiger partial charge in [-0.05, 0) is 43.9 Å². The summed E-state index contributed by atoms with van der Waals surface area (Å²) in [4.78, 5) is 14.9. The number of anilines is 1. The third-order valence-corrected chi connectivity index (χ3v) is 6.08. The van der Waals surface area contributed by atoms with Crippen LogP contribution in [0.15, 0.2) is 17.0 Å². The summed E-state index contributed by atoms with van der Waals surface area (Å²) >= 11 is 6.35. The number of carbonyl (C=O) groups is 1. The van der Waals surface area contributed by atoms with Crippen LogP contribution in [0.25, 0.3) is 6.08 Å². The highest BCUT2D eigenvalue weighted by molar-refractivity contribution is 8.26. The second-order valence-electron chi connectivity index (χ2n) is 6.98. The van der Waals surface area contributed by atoms with Gasteiger partial charge in [0.1, 0.15) is 10.1 Å². The standard InChI is InChI=1S/C18H22N2O2S2/c1-10-9-18(2,3)20(4)13-8-14(22-5)11(6-12(10)13)7-15-16(21)19-17(23)24-15/h6-8,10H,9H2,1-5H3,(H,19,21,23)/b15-7-. The van der Waals surface area contributed by atoms with Crippen LogP contribution >= 0.6 is 24.0 Å². The number of hydrogen-bond donors (Lipinski definition) is 1. The fourth-order valence-electron chi connectivity index (χ4n) is 3.46. The van der Waals surface area contributed by atoms with Crippen molar-refractivity contribution >= 4 is 46.0 Å². The fraction of sp³-hybridized carbons (Fsp3) is 0.444. The fourth-order valence-corrected chi connectivity index (χ4v) is 4.50. The molecule has 0 aliphatic carbocycles. The number of thiocarbonyl (C=S) groups is 1. The predicted octanol–water partition coefficient (Wildman–Crippen LogP) is 3.91. The van der Waals surface area contributed by atoms with Crippen molar-refractivity contribution in [1.82, 2.24) is 5.32 Å². The molecule has 2 heterocycles. The molecule has 1 fully saturated rings. The van der Waals surface area contributed by atoms with E-state index in [2.05, 4.69) is 50.2 Å². The van der Waals surface area contributed by atoms with Gasteiger partial charge in [-0.15, -0.1) is 0 Å². The number of hydrogen-bond acceptors (Lipinski definition) is 5. The van der Waals surface area contributed by atoms with E-state index in [4.69, 9.17) is 17.0 Å². The molecular formula is C18H22N2O2S2. The molecule has 1 aromatic rings. The number of carbonyl (C=O) groups excluding carboxylic acids is 1. The van der Waals surface area contributed by atoms with Crippen LogP contribution < -0.4 is 15.0 Å². The van der Waals surface area contributed by atoms with E-state index < -0.39 is 0 Å². The lowest BCUT2D eigenvalue weighted by atomic mass is 9.80. The monoisotopic (exact) mass is 362 g/mol. The molecule has 0 radical (unpaired) electrons. The number of thioether (sulfide) groups is 1. The number of ether oxygens (including phenoxy) is 1. The number of amides is 1. The summed E-state index contributed by atoms with van der Waals surface area (Å²) in [5.41, 5.74) is 3.50. The molecule has 2 aliphatic rings. The lowest BCUT2D eigenvalue weighted by Crippen LogP contribution is -2.45. The highest BCUT2D eigenvalue weighted by atomic mass is 32.2. The smallest absolute Gasteiger partial charge is 0.263 e. The Morgan fingerprint density at radius 2 is 2.17 bits per heavy atom. The van der Waals surface area contributed by atoms with Crippen LogP contribution in [-0.4, -0.2) is 29.9 Å². The molecule has 1 atom stereocenters. The Morgan fingerprint density at radius 3 is 2.75 bits per heavy atom. The van der Waals surface area contributed by atoms with Crippen molar-refractivity contribution in [3.05, 3.63) is 28.2 Å². The molecule has 1 aromatic carbocycles. The van der Waals surface area contributed by atoms with E-state index in [0.717, 1.165) is 17.7 Å². The molecule has 2 aliphatic heterocycles. The van der Waals surface area contributed by atoms with Crippen molar-refractivity contribution in [2.24, 2.45) is 0 Å². The maximum absolute atomic E-state index is 11.9. The molecule has 1 saturated heterocycles. The Morgan fingerprint density at radius 1 is 1.46 bits per heavy atom. The van der Waals surface area contributed by atoms with Gasteiger partial charge in [-0.2, -0.15) is 0 Å². The molecule has 1 unspecified atom stereocenters. The molecule has 4 nitrogen and oxygen atoms in total. The van der Waals surface area contributed by atoms with Crippen LogP contribution in [0.4, 0.5) is 5.69 Å². The molecule has 24 heavy (non-hydrogen) atoms. The summed E-state index contributed by atoms with van der Waals surface area (Å²) in [6.45, 7) is 6.77. The van der Waals surface area contributed by atoms with Gasteiger partial charge in [-0.25, -0.2) is 0 Å². The molecule has 1 N–H and O–H groups in total. The molecule has 128 valence electrons. The van der Waals surface area contributed by atoms with Gasteiger partial charge in [0.05, 0.1) is 12.0 Å². The van der Waals surface area contributed by atoms with Crippen LogP contribution in [0.3, 0.4) is 0 Å². The SMILES string of the molecule is COc1cc2c(cc1/C=C1\SC(=S)NC1=O)C(C)CC(C)(C)N2C. The van der Waals surface area contributed by atoms with Crippen LogP contribution in [0, 0.1) is 0 Å². The minimum Gasteiger partial charge on any atom is -0.496 e. The minimum absolute atomic E-state index is 0.102. The minimum atomic E-state index is -0.143. The number of nitrogens with zero attached hydrogens (tertiary/aromatic N) is 1. The molecule has 0 saturated carbocycles. The topological polar surface area (TPSA) is 41.6 Å². The number of rotatable bonds is 2. The van der Waals surface area contributed by atoms with E-state index >= 15 is 0 Å². The number of methoxy groups -OCH3 is 1. The molecular weight excluding hydrogens is 340 g/mol. The third-order valence-electron chi connectivity index (χ3n) is 4.91. The predicted molar refractivity (Wildman–Crippen MR) is 105 cm³/mol. The average molecular weight is 363 g/mol. The first-order chi connectivity index (χ1) is 11.2. The van der Waals surface area contributed by atoms with Crippen molar-refractivity contribution in [1.29, 1.82) is 0 Å². The zero-order chi connectivity index (χ0) is 17.6. The number of nitrogens with one attached hydrogen (secondary N) is 1. The Balaban J connectivity index is 2.10. The first kappa shape index (κ1) is 17.3.